The molecular formula is C50H49Cl5N8O8. The Morgan fingerprint density at radius 1 is 0.535 bits per heavy atom. The molecule has 0 spiro atoms. The maximum Gasteiger partial charge on any atom is 0.258 e. The first-order chi connectivity index (χ1) is 34.1. The number of anilines is 4. The number of nitrogens with one attached hydrogen (secondary N) is 4. The highest BCUT2D eigenvalue weighted by molar-refractivity contribution is 6.32. The number of carbonyl (C=O) groups is 6. The Morgan fingerprint density at radius 3 is 1.41 bits per heavy atom. The highest BCUT2D eigenvalue weighted by Crippen LogP contribution is 2.32. The molecule has 0 heterocycles. The molecule has 4 N–H and O–H groups in total. The minimum atomic E-state index is -1.62. The van der Waals surface area contributed by atoms with Crippen LogP contribution in [0.5, 0.6) is 11.5 Å². The molecule has 4 amide bonds. The van der Waals surface area contributed by atoms with Gasteiger partial charge in [0.1, 0.15) is 11.5 Å². The zero-order chi connectivity index (χ0) is 51.6. The van der Waals surface area contributed by atoms with E-state index in [0.717, 1.165) is 11.1 Å². The number of nitrogens with zero attached hydrogens (tertiary/aromatic N) is 4. The lowest BCUT2D eigenvalue weighted by molar-refractivity contribution is -0.127. The van der Waals surface area contributed by atoms with Crippen LogP contribution in [0.2, 0.25) is 10.0 Å². The van der Waals surface area contributed by atoms with Crippen LogP contribution in [-0.2, 0) is 38.4 Å². The summed E-state index contributed by atoms with van der Waals surface area (Å²) in [5.41, 5.74) is 3.81. The van der Waals surface area contributed by atoms with Gasteiger partial charge in [-0.25, -0.2) is 0 Å². The summed E-state index contributed by atoms with van der Waals surface area (Å²) in [4.78, 5) is 79.4. The van der Waals surface area contributed by atoms with Gasteiger partial charge in [-0.1, -0.05) is 35.3 Å². The van der Waals surface area contributed by atoms with Gasteiger partial charge in [0.05, 0.1) is 24.6 Å². The van der Waals surface area contributed by atoms with Crippen molar-refractivity contribution in [3.05, 3.63) is 129 Å². The summed E-state index contributed by atoms with van der Waals surface area (Å²) in [7, 11) is 0. The minimum absolute atomic E-state index is 0.0924. The number of rotatable bonds is 24. The Kier molecular flexibility index (Phi) is 21.3. The first-order valence-corrected chi connectivity index (χ1v) is 24.4. The molecule has 0 saturated heterocycles. The zero-order valence-corrected chi connectivity index (χ0v) is 42.7. The average molecular weight is 1070 g/mol. The summed E-state index contributed by atoms with van der Waals surface area (Å²) in [6.07, 6.45) is 1.07. The molecule has 0 radical (unpaired) electrons. The SMILES string of the molecule is CCOc1cccc(NC(=O)c2cc(Cl)cc(N=NC(C(C)=O)C(=O)Nc3ccc(NC(=O)C(N=Nc4cc(Cl)cc(C(=O)Nc5cccc(OCC)c5CCCl)c4)C(C)=O)c(CCCl)c3)c2)c1CCCl. The molecule has 0 bridgehead atoms. The number of amides is 4. The van der Waals surface area contributed by atoms with Gasteiger partial charge in [0.25, 0.3) is 23.6 Å². The van der Waals surface area contributed by atoms with Gasteiger partial charge in [-0.05, 0) is 131 Å². The fraction of sp³-hybridized carbons (Fsp3) is 0.280. The van der Waals surface area contributed by atoms with Crippen LogP contribution in [0.4, 0.5) is 34.1 Å². The van der Waals surface area contributed by atoms with Crippen LogP contribution in [0, 0.1) is 0 Å². The van der Waals surface area contributed by atoms with Crippen LogP contribution in [-0.4, -0.2) is 78.1 Å². The molecule has 0 aromatic heterocycles. The number of benzene rings is 5. The molecule has 71 heavy (non-hydrogen) atoms. The van der Waals surface area contributed by atoms with E-state index >= 15 is 0 Å². The molecule has 0 aliphatic rings. The Morgan fingerprint density at radius 2 is 0.986 bits per heavy atom. The van der Waals surface area contributed by atoms with Crippen LogP contribution in [0.25, 0.3) is 0 Å². The van der Waals surface area contributed by atoms with E-state index in [2.05, 4.69) is 41.7 Å². The van der Waals surface area contributed by atoms with E-state index in [0.29, 0.717) is 66.3 Å². The lowest BCUT2D eigenvalue weighted by Gasteiger charge is -2.16. The smallest absolute Gasteiger partial charge is 0.258 e. The van der Waals surface area contributed by atoms with Crippen molar-refractivity contribution in [1.29, 1.82) is 0 Å². The average Bonchev–Trinajstić information content (AvgIpc) is 3.31. The first-order valence-electron chi connectivity index (χ1n) is 22.1. The zero-order valence-electron chi connectivity index (χ0n) is 38.9. The fourth-order valence-corrected chi connectivity index (χ4v) is 8.01. The van der Waals surface area contributed by atoms with Gasteiger partial charge in [-0.3, -0.25) is 28.8 Å². The number of aryl methyl sites for hydroxylation is 1. The van der Waals surface area contributed by atoms with Gasteiger partial charge in [0, 0.05) is 72.7 Å². The van der Waals surface area contributed by atoms with Crippen molar-refractivity contribution >= 4 is 127 Å². The van der Waals surface area contributed by atoms with Gasteiger partial charge in [0.15, 0.2) is 11.6 Å². The summed E-state index contributed by atoms with van der Waals surface area (Å²) in [6.45, 7) is 6.87. The number of Topliss-reactive ketones (excluding diaryl/α,β-unsaturated/α-hetero) is 2. The highest BCUT2D eigenvalue weighted by atomic mass is 35.5. The lowest BCUT2D eigenvalue weighted by atomic mass is 10.1. The maximum atomic E-state index is 13.6. The van der Waals surface area contributed by atoms with E-state index in [1.165, 1.54) is 68.4 Å². The number of alkyl halides is 3. The predicted octanol–water partition coefficient (Wildman–Crippen LogP) is 12.0. The Balaban J connectivity index is 1.28. The van der Waals surface area contributed by atoms with Crippen molar-refractivity contribution in [2.75, 3.05) is 52.1 Å². The second kappa shape index (κ2) is 27.2. The Hall–Kier alpha value is -6.43. The van der Waals surface area contributed by atoms with Gasteiger partial charge in [-0.2, -0.15) is 20.5 Å². The number of halogens is 5. The van der Waals surface area contributed by atoms with Gasteiger partial charge >= 0.3 is 0 Å². The number of carbonyl (C=O) groups excluding carboxylic acids is 6. The number of azo groups is 2. The van der Waals surface area contributed by atoms with E-state index in [1.807, 2.05) is 13.8 Å². The number of hydrogen-bond donors (Lipinski definition) is 4. The van der Waals surface area contributed by atoms with Crippen LogP contribution >= 0.6 is 58.0 Å². The quantitative estimate of drug-likeness (QED) is 0.0264. The molecule has 5 rings (SSSR count). The Bertz CT molecular complexity index is 2850. The van der Waals surface area contributed by atoms with Crippen LogP contribution in [0.15, 0.2) is 111 Å². The molecule has 21 heteroatoms. The summed E-state index contributed by atoms with van der Waals surface area (Å²) >= 11 is 30.9. The third kappa shape index (κ3) is 15.8. The normalized spacial score (nSPS) is 12.0. The van der Waals surface area contributed by atoms with E-state index < -0.39 is 47.3 Å². The molecule has 2 unspecified atom stereocenters. The number of hydrogen-bond acceptors (Lipinski definition) is 12. The second-order valence-electron chi connectivity index (χ2n) is 15.4. The third-order valence-electron chi connectivity index (χ3n) is 10.2. The van der Waals surface area contributed by atoms with Gasteiger partial charge < -0.3 is 30.7 Å². The maximum absolute atomic E-state index is 13.6. The standard InChI is InChI=1S/C50H49Cl5N8O8/c1-5-70-43-11-7-9-41(38(43)16-19-52)58-47(66)31-21-33(54)26-36(24-31)60-62-45(28(3)64)49(68)56-35-13-14-40(30(23-35)15-18-51)57-50(69)46(29(4)65)63-61-37-25-32(22-34(55)27-37)48(67)59-42-10-8-12-44(71-6-2)39(42)17-20-53/h7-14,21-27,45-46H,5-6,15-20H2,1-4H3,(H,56,68)(H,57,69)(H,58,66)(H,59,67). The monoisotopic (exact) mass is 1060 g/mol. The summed E-state index contributed by atoms with van der Waals surface area (Å²) in [6, 6.07) is 20.2. The molecule has 0 aliphatic heterocycles. The molecule has 0 aliphatic carbocycles. The third-order valence-corrected chi connectivity index (χ3v) is 11.2. The molecule has 0 saturated carbocycles. The lowest BCUT2D eigenvalue weighted by Crippen LogP contribution is -2.32. The van der Waals surface area contributed by atoms with Gasteiger partial charge in [0.2, 0.25) is 12.1 Å². The molecule has 16 nitrogen and oxygen atoms in total. The predicted molar refractivity (Wildman–Crippen MR) is 279 cm³/mol. The molecule has 0 fully saturated rings. The first kappa shape index (κ1) is 55.5. The van der Waals surface area contributed by atoms with Gasteiger partial charge in [-0.15, -0.1) is 34.8 Å². The van der Waals surface area contributed by atoms with Crippen molar-refractivity contribution in [2.24, 2.45) is 20.5 Å². The van der Waals surface area contributed by atoms with E-state index in [4.69, 9.17) is 67.5 Å². The summed E-state index contributed by atoms with van der Waals surface area (Å²) < 4.78 is 11.4. The van der Waals surface area contributed by atoms with Crippen molar-refractivity contribution in [3.63, 3.8) is 0 Å². The molecule has 5 aromatic rings. The molecular weight excluding hydrogens is 1020 g/mol. The summed E-state index contributed by atoms with van der Waals surface area (Å²) in [5, 5.41) is 27.6. The van der Waals surface area contributed by atoms with E-state index in [9.17, 15) is 28.8 Å². The van der Waals surface area contributed by atoms with Crippen LogP contribution in [0.1, 0.15) is 65.1 Å². The van der Waals surface area contributed by atoms with Crippen molar-refractivity contribution in [2.45, 2.75) is 59.0 Å². The number of ether oxygens (including phenoxy) is 2. The van der Waals surface area contributed by atoms with Crippen molar-refractivity contribution in [3.8, 4) is 11.5 Å². The highest BCUT2D eigenvalue weighted by Gasteiger charge is 2.26. The number of ketones is 2. The van der Waals surface area contributed by atoms with Crippen LogP contribution < -0.4 is 30.7 Å². The Labute approximate surface area is 435 Å². The van der Waals surface area contributed by atoms with E-state index in [-0.39, 0.29) is 56.2 Å². The van der Waals surface area contributed by atoms with E-state index in [1.54, 1.807) is 36.4 Å². The minimum Gasteiger partial charge on any atom is -0.494 e. The fourth-order valence-electron chi connectivity index (χ4n) is 6.97. The molecule has 372 valence electrons. The topological polar surface area (TPSA) is 218 Å². The molecule has 2 atom stereocenters. The second-order valence-corrected chi connectivity index (χ2v) is 17.4. The van der Waals surface area contributed by atoms with Crippen molar-refractivity contribution in [1.82, 2.24) is 0 Å². The largest absolute Gasteiger partial charge is 0.494 e. The molecule has 5 aromatic carbocycles. The van der Waals surface area contributed by atoms with Crippen LogP contribution in [0.3, 0.4) is 0 Å². The summed E-state index contributed by atoms with van der Waals surface area (Å²) in [5.74, 6) is -2.12. The van der Waals surface area contributed by atoms with Crippen molar-refractivity contribution < 1.29 is 38.2 Å².